The van der Waals surface area contributed by atoms with Crippen LogP contribution in [-0.4, -0.2) is 88.0 Å². The predicted molar refractivity (Wildman–Crippen MR) is 271 cm³/mol. The number of anilines is 4. The van der Waals surface area contributed by atoms with Crippen molar-refractivity contribution in [2.45, 2.75) is 71.4 Å². The molecule has 0 spiro atoms. The number of nitrogens with two attached hydrogens (primary N) is 2. The number of H-pyrrole nitrogens is 1. The number of aromatic nitrogens is 8. The summed E-state index contributed by atoms with van der Waals surface area (Å²) in [5.74, 6) is -2.42. The first-order valence-electron chi connectivity index (χ1n) is 22.6. The first-order chi connectivity index (χ1) is 33.7. The molecule has 70 heavy (non-hydrogen) atoms. The first kappa shape index (κ1) is 49.5. The van der Waals surface area contributed by atoms with E-state index in [0.717, 1.165) is 17.2 Å². The van der Waals surface area contributed by atoms with Crippen LogP contribution in [0.3, 0.4) is 0 Å². The quantitative estimate of drug-likeness (QED) is 0.0390. The lowest BCUT2D eigenvalue weighted by atomic mass is 10.1. The Morgan fingerprint density at radius 3 is 1.67 bits per heavy atom. The van der Waals surface area contributed by atoms with Crippen molar-refractivity contribution in [1.29, 1.82) is 0 Å². The molecule has 0 fully saturated rings. The van der Waals surface area contributed by atoms with Gasteiger partial charge < -0.3 is 36.6 Å². The highest BCUT2D eigenvalue weighted by molar-refractivity contribution is 6.76. The van der Waals surface area contributed by atoms with Gasteiger partial charge in [0, 0.05) is 27.1 Å². The third-order valence-corrected chi connectivity index (χ3v) is 13.2. The Kier molecular flexibility index (Phi) is 16.0. The molecule has 2 aromatic carbocycles. The van der Waals surface area contributed by atoms with Gasteiger partial charge >= 0.3 is 23.6 Å². The zero-order valence-electron chi connectivity index (χ0n) is 39.6. The van der Waals surface area contributed by atoms with Gasteiger partial charge in [-0.05, 0) is 55.3 Å². The fourth-order valence-corrected chi connectivity index (χ4v) is 8.18. The monoisotopic (exact) mass is 960 g/mol. The highest BCUT2D eigenvalue weighted by Crippen LogP contribution is 2.29. The number of pyridine rings is 4. The Hall–Kier alpha value is -8.36. The minimum atomic E-state index is -1.25. The first-order valence-corrected chi connectivity index (χ1v) is 26.3. The maximum absolute atomic E-state index is 13.6. The van der Waals surface area contributed by atoms with E-state index < -0.39 is 31.7 Å². The topological polar surface area (TPSA) is 258 Å². The Morgan fingerprint density at radius 1 is 0.657 bits per heavy atom. The molecule has 0 radical (unpaired) electrons. The lowest BCUT2D eigenvalue weighted by molar-refractivity contribution is -0.145. The largest absolute Gasteiger partial charge is 0.383 e. The molecule has 6 heterocycles. The molecule has 2 atom stereocenters. The molecule has 0 saturated heterocycles. The molecular weight excluding hydrogens is 905 g/mol. The molecule has 0 aliphatic carbocycles. The fraction of sp³-hybridized carbons (Fsp3) is 0.240. The molecule has 8 aromatic rings. The summed E-state index contributed by atoms with van der Waals surface area (Å²) >= 11 is 0. The maximum atomic E-state index is 13.6. The number of carbonyl (C=O) groups is 4. The van der Waals surface area contributed by atoms with E-state index in [1.54, 1.807) is 35.4 Å². The van der Waals surface area contributed by atoms with Crippen molar-refractivity contribution in [2.24, 2.45) is 0 Å². The maximum Gasteiger partial charge on any atom is 0.314 e. The number of benzene rings is 2. The van der Waals surface area contributed by atoms with Crippen molar-refractivity contribution in [3.8, 4) is 0 Å². The fourth-order valence-electron chi connectivity index (χ4n) is 7.43. The molecular formula is C50H56N14O5Si. The number of nitrogen functional groups attached to an aromatic ring is 2. The van der Waals surface area contributed by atoms with Gasteiger partial charge in [-0.2, -0.15) is 10.2 Å². The van der Waals surface area contributed by atoms with E-state index in [2.05, 4.69) is 65.5 Å². The van der Waals surface area contributed by atoms with E-state index >= 15 is 0 Å². The van der Waals surface area contributed by atoms with Gasteiger partial charge in [0.2, 0.25) is 0 Å². The number of ether oxygens (including phenoxy) is 1. The summed E-state index contributed by atoms with van der Waals surface area (Å²) in [6.45, 7) is 11.8. The predicted octanol–water partition coefficient (Wildman–Crippen LogP) is 7.11. The SMILES string of the molecule is CC(c1ccccc1)N(Cc1ccccn1)C(=O)C(=O)Nc1cnc(N)c2cn[nH]c12.CC(c1ccccc1)N(Cc1ccccn1)C(=O)C(=O)Nc1cnc(N)c2cnn(COCC[Si](C)(C)C)c12. The number of fused-ring (bicyclic) bond motifs is 2. The van der Waals surface area contributed by atoms with Crippen LogP contribution in [0.1, 0.15) is 48.4 Å². The number of amides is 4. The molecule has 0 aliphatic rings. The van der Waals surface area contributed by atoms with Crippen LogP contribution >= 0.6 is 0 Å². The molecule has 0 bridgehead atoms. The molecule has 20 heteroatoms. The van der Waals surface area contributed by atoms with E-state index in [4.69, 9.17) is 16.2 Å². The van der Waals surface area contributed by atoms with Gasteiger partial charge in [0.05, 0.1) is 94.5 Å². The molecule has 0 saturated carbocycles. The van der Waals surface area contributed by atoms with Crippen LogP contribution in [-0.2, 0) is 43.7 Å². The second-order valence-electron chi connectivity index (χ2n) is 17.6. The van der Waals surface area contributed by atoms with Crippen molar-refractivity contribution in [2.75, 3.05) is 28.7 Å². The van der Waals surface area contributed by atoms with Crippen molar-refractivity contribution in [3.05, 3.63) is 157 Å². The summed E-state index contributed by atoms with van der Waals surface area (Å²) in [6, 6.07) is 30.3. The number of hydrogen-bond donors (Lipinski definition) is 5. The molecule has 8 rings (SSSR count). The Balaban J connectivity index is 0.000000212. The highest BCUT2D eigenvalue weighted by Gasteiger charge is 2.30. The van der Waals surface area contributed by atoms with Gasteiger partial charge in [-0.25, -0.2) is 14.6 Å². The number of hydrogen-bond acceptors (Lipinski definition) is 13. The summed E-state index contributed by atoms with van der Waals surface area (Å²) in [5.41, 5.74) is 16.8. The second kappa shape index (κ2) is 22.6. The Labute approximate surface area is 405 Å². The lowest BCUT2D eigenvalue weighted by Gasteiger charge is -2.29. The zero-order valence-corrected chi connectivity index (χ0v) is 40.6. The standard InChI is InChI=1S/C28H35N7O3Si.C22H21N7O2/c1-20(21-10-6-5-7-11-21)34(18-22-12-8-9-13-30-22)28(37)27(36)33-24-17-31-26(29)23-16-32-35(25(23)24)19-38-14-15-39(2,3)4;1-14(15-7-3-2-4-8-15)29(13-16-9-5-6-10-24-16)22(31)21(30)27-18-12-25-20(23)17-11-26-28-19(17)18/h5-13,16-17,20H,14-15,18-19H2,1-4H3,(H2,29,31)(H,33,36);2-12,14H,13H2,1H3,(H2,23,25)(H,26,28)(H,27,30). The zero-order chi connectivity index (χ0) is 49.8. The molecule has 19 nitrogen and oxygen atoms in total. The van der Waals surface area contributed by atoms with E-state index in [9.17, 15) is 19.2 Å². The third-order valence-electron chi connectivity index (χ3n) is 11.5. The summed E-state index contributed by atoms with van der Waals surface area (Å²) in [7, 11) is -1.25. The van der Waals surface area contributed by atoms with Crippen molar-refractivity contribution in [3.63, 3.8) is 0 Å². The van der Waals surface area contributed by atoms with Gasteiger partial charge in [-0.15, -0.1) is 0 Å². The van der Waals surface area contributed by atoms with Gasteiger partial charge in [0.1, 0.15) is 18.4 Å². The molecule has 360 valence electrons. The number of nitrogens with zero attached hydrogens (tertiary/aromatic N) is 9. The van der Waals surface area contributed by atoms with Crippen LogP contribution in [0.5, 0.6) is 0 Å². The number of carbonyl (C=O) groups excluding carboxylic acids is 4. The number of nitrogens with one attached hydrogen (secondary N) is 3. The summed E-state index contributed by atoms with van der Waals surface area (Å²) in [4.78, 5) is 73.0. The number of rotatable bonds is 15. The molecule has 0 aliphatic heterocycles. The third kappa shape index (κ3) is 12.4. The van der Waals surface area contributed by atoms with Gasteiger partial charge in [0.15, 0.2) is 0 Å². The van der Waals surface area contributed by atoms with E-state index in [1.165, 1.54) is 28.4 Å². The second-order valence-corrected chi connectivity index (χ2v) is 23.2. The Bertz CT molecular complexity index is 3040. The van der Waals surface area contributed by atoms with E-state index in [0.29, 0.717) is 51.2 Å². The van der Waals surface area contributed by atoms with Crippen molar-refractivity contribution < 1.29 is 23.9 Å². The number of aromatic amines is 1. The average molecular weight is 961 g/mol. The summed E-state index contributed by atoms with van der Waals surface area (Å²) < 4.78 is 7.49. The summed E-state index contributed by atoms with van der Waals surface area (Å²) in [6.07, 6.45) is 9.24. The molecule has 7 N–H and O–H groups in total. The van der Waals surface area contributed by atoms with Crippen LogP contribution < -0.4 is 22.1 Å². The highest BCUT2D eigenvalue weighted by atomic mass is 28.3. The van der Waals surface area contributed by atoms with Crippen molar-refractivity contribution >= 4 is 76.5 Å². The summed E-state index contributed by atoms with van der Waals surface area (Å²) in [5, 5.41) is 17.6. The van der Waals surface area contributed by atoms with E-state index in [1.807, 2.05) is 98.8 Å². The van der Waals surface area contributed by atoms with Gasteiger partial charge in [-0.3, -0.25) is 34.2 Å². The molecule has 2 unspecified atom stereocenters. The smallest absolute Gasteiger partial charge is 0.314 e. The van der Waals surface area contributed by atoms with Crippen molar-refractivity contribution in [1.82, 2.24) is 49.7 Å². The van der Waals surface area contributed by atoms with Gasteiger partial charge in [0.25, 0.3) is 0 Å². The minimum Gasteiger partial charge on any atom is -0.383 e. The van der Waals surface area contributed by atoms with Crippen LogP contribution in [0.15, 0.2) is 134 Å². The van der Waals surface area contributed by atoms with Crippen LogP contribution in [0, 0.1) is 0 Å². The average Bonchev–Trinajstić information content (AvgIpc) is 4.06. The van der Waals surface area contributed by atoms with E-state index in [-0.39, 0.29) is 43.5 Å². The lowest BCUT2D eigenvalue weighted by Crippen LogP contribution is -2.41. The minimum absolute atomic E-state index is 0.168. The normalized spacial score (nSPS) is 12.1. The van der Waals surface area contributed by atoms with Crippen LogP contribution in [0.4, 0.5) is 23.0 Å². The van der Waals surface area contributed by atoms with Crippen LogP contribution in [0.2, 0.25) is 25.7 Å². The molecule has 6 aromatic heterocycles. The van der Waals surface area contributed by atoms with Gasteiger partial charge in [-0.1, -0.05) is 92.4 Å². The van der Waals surface area contributed by atoms with Crippen LogP contribution in [0.25, 0.3) is 21.8 Å². The molecule has 4 amide bonds. The Morgan fingerprint density at radius 2 is 1.16 bits per heavy atom.